The van der Waals surface area contributed by atoms with E-state index >= 15 is 0 Å². The number of aromatic nitrogens is 2. The lowest BCUT2D eigenvalue weighted by Crippen LogP contribution is -2.48. The second kappa shape index (κ2) is 10.5. The number of carbonyl (C=O) groups is 2. The van der Waals surface area contributed by atoms with Gasteiger partial charge in [-0.15, -0.1) is 11.8 Å². The highest BCUT2D eigenvalue weighted by molar-refractivity contribution is 8.00. The summed E-state index contributed by atoms with van der Waals surface area (Å²) in [4.78, 5) is 30.5. The molecule has 200 valence electrons. The van der Waals surface area contributed by atoms with Crippen molar-refractivity contribution in [3.05, 3.63) is 76.7 Å². The van der Waals surface area contributed by atoms with Crippen LogP contribution in [0.15, 0.2) is 48.5 Å². The van der Waals surface area contributed by atoms with Crippen LogP contribution in [0, 0.1) is 12.7 Å². The van der Waals surface area contributed by atoms with Gasteiger partial charge in [-0.05, 0) is 42.3 Å². The first kappa shape index (κ1) is 26.4. The molecule has 2 aliphatic heterocycles. The Labute approximate surface area is 226 Å². The molecule has 38 heavy (non-hydrogen) atoms. The monoisotopic (exact) mass is 536 g/mol. The molecule has 1 atom stereocenters. The lowest BCUT2D eigenvalue weighted by atomic mass is 9.87. The molecule has 7 nitrogen and oxygen atoms in total. The van der Waals surface area contributed by atoms with E-state index in [0.717, 1.165) is 28.1 Å². The van der Waals surface area contributed by atoms with Crippen molar-refractivity contribution >= 4 is 29.4 Å². The zero-order valence-corrected chi connectivity index (χ0v) is 23.1. The van der Waals surface area contributed by atoms with Crippen molar-refractivity contribution in [1.82, 2.24) is 14.7 Å². The lowest BCUT2D eigenvalue weighted by Gasteiger charge is -2.30. The third-order valence-corrected chi connectivity index (χ3v) is 8.13. The van der Waals surface area contributed by atoms with Crippen molar-refractivity contribution in [2.24, 2.45) is 0 Å². The van der Waals surface area contributed by atoms with E-state index in [2.05, 4.69) is 20.8 Å². The molecule has 2 amide bonds. The molecule has 9 heteroatoms. The fourth-order valence-electron chi connectivity index (χ4n) is 4.96. The van der Waals surface area contributed by atoms with Crippen LogP contribution in [0.2, 0.25) is 0 Å². The van der Waals surface area contributed by atoms with E-state index in [-0.39, 0.29) is 40.6 Å². The molecule has 1 fully saturated rings. The van der Waals surface area contributed by atoms with Crippen LogP contribution < -0.4 is 4.90 Å². The topological polar surface area (TPSA) is 67.7 Å². The molecule has 1 saturated heterocycles. The number of rotatable bonds is 4. The van der Waals surface area contributed by atoms with E-state index < -0.39 is 0 Å². The van der Waals surface area contributed by atoms with E-state index in [1.165, 1.54) is 23.9 Å². The largest absolute Gasteiger partial charge is 0.378 e. The minimum absolute atomic E-state index is 0.0797. The van der Waals surface area contributed by atoms with Crippen LogP contribution in [-0.4, -0.2) is 65.1 Å². The van der Waals surface area contributed by atoms with Gasteiger partial charge in [0, 0.05) is 24.1 Å². The molecular formula is C29H33FN4O3S. The summed E-state index contributed by atoms with van der Waals surface area (Å²) in [6.45, 7) is 10.2. The number of thioether (sulfide) groups is 1. The number of carbonyl (C=O) groups excluding carboxylic acids is 2. The maximum atomic E-state index is 13.9. The highest BCUT2D eigenvalue weighted by Crippen LogP contribution is 2.48. The quantitative estimate of drug-likeness (QED) is 0.486. The smallest absolute Gasteiger partial charge is 0.242 e. The molecule has 5 rings (SSSR count). The summed E-state index contributed by atoms with van der Waals surface area (Å²) in [7, 11) is 0. The SMILES string of the molecule is Cc1cccc(-n2nc(C(C)(C)C)c3c2N(CC(=O)N2CCOCC2)C(=O)CS[C@@H]3c2ccc(F)cc2)c1. The first-order valence-electron chi connectivity index (χ1n) is 12.9. The average molecular weight is 537 g/mol. The number of amides is 2. The van der Waals surface area contributed by atoms with Gasteiger partial charge in [0.05, 0.1) is 35.6 Å². The van der Waals surface area contributed by atoms with Gasteiger partial charge in [0.2, 0.25) is 11.8 Å². The maximum Gasteiger partial charge on any atom is 0.242 e. The second-order valence-electron chi connectivity index (χ2n) is 10.8. The normalized spacial score (nSPS) is 18.3. The summed E-state index contributed by atoms with van der Waals surface area (Å²) in [5.41, 5.74) is 4.14. The van der Waals surface area contributed by atoms with Crippen molar-refractivity contribution in [2.45, 2.75) is 38.4 Å². The summed E-state index contributed by atoms with van der Waals surface area (Å²) in [6, 6.07) is 14.4. The molecule has 2 aliphatic rings. The van der Waals surface area contributed by atoms with E-state index in [9.17, 15) is 14.0 Å². The van der Waals surface area contributed by atoms with Gasteiger partial charge >= 0.3 is 0 Å². The number of hydrogen-bond acceptors (Lipinski definition) is 5. The Hall–Kier alpha value is -3.17. The summed E-state index contributed by atoms with van der Waals surface area (Å²) in [5, 5.41) is 4.85. The van der Waals surface area contributed by atoms with Crippen LogP contribution >= 0.6 is 11.8 Å². The maximum absolute atomic E-state index is 13.9. The third-order valence-electron chi connectivity index (χ3n) is 6.88. The molecule has 2 aromatic carbocycles. The molecule has 0 unspecified atom stereocenters. The predicted octanol–water partition coefficient (Wildman–Crippen LogP) is 4.65. The highest BCUT2D eigenvalue weighted by Gasteiger charge is 2.40. The van der Waals surface area contributed by atoms with Crippen molar-refractivity contribution in [1.29, 1.82) is 0 Å². The van der Waals surface area contributed by atoms with Crippen molar-refractivity contribution in [3.63, 3.8) is 0 Å². The Bertz CT molecular complexity index is 1340. The number of halogens is 1. The Morgan fingerprint density at radius 3 is 2.50 bits per heavy atom. The first-order chi connectivity index (χ1) is 18.1. The van der Waals surface area contributed by atoms with Gasteiger partial charge in [-0.1, -0.05) is 45.0 Å². The van der Waals surface area contributed by atoms with Crippen LogP contribution in [0.5, 0.6) is 0 Å². The summed E-state index contributed by atoms with van der Waals surface area (Å²) in [5.74, 6) is 0.202. The molecular weight excluding hydrogens is 503 g/mol. The van der Waals surface area contributed by atoms with Gasteiger partial charge in [-0.25, -0.2) is 9.07 Å². The van der Waals surface area contributed by atoms with Crippen molar-refractivity contribution in [3.8, 4) is 5.69 Å². The van der Waals surface area contributed by atoms with Gasteiger partial charge in [-0.2, -0.15) is 5.10 Å². The minimum Gasteiger partial charge on any atom is -0.378 e. The number of hydrogen-bond donors (Lipinski definition) is 0. The molecule has 3 heterocycles. The van der Waals surface area contributed by atoms with Gasteiger partial charge in [0.15, 0.2) is 0 Å². The van der Waals surface area contributed by atoms with E-state index in [0.29, 0.717) is 32.1 Å². The molecule has 0 spiro atoms. The predicted molar refractivity (Wildman–Crippen MR) is 147 cm³/mol. The fraction of sp³-hybridized carbons (Fsp3) is 0.414. The summed E-state index contributed by atoms with van der Waals surface area (Å²) < 4.78 is 21.1. The molecule has 3 aromatic rings. The number of nitrogens with zero attached hydrogens (tertiary/aromatic N) is 4. The number of aryl methyl sites for hydroxylation is 1. The third kappa shape index (κ3) is 5.22. The molecule has 0 saturated carbocycles. The summed E-state index contributed by atoms with van der Waals surface area (Å²) in [6.07, 6.45) is 0. The number of fused-ring (bicyclic) bond motifs is 1. The molecule has 0 aliphatic carbocycles. The van der Waals surface area contributed by atoms with E-state index in [4.69, 9.17) is 9.84 Å². The summed E-state index contributed by atoms with van der Waals surface area (Å²) >= 11 is 1.49. The number of benzene rings is 2. The van der Waals surface area contributed by atoms with Crippen molar-refractivity contribution < 1.29 is 18.7 Å². The van der Waals surface area contributed by atoms with E-state index in [1.54, 1.807) is 21.9 Å². The standard InChI is InChI=1S/C29H33FN4O3S/c1-19-6-5-7-22(16-19)34-28-25(27(31-34)29(2,3)4)26(20-8-10-21(30)11-9-20)38-18-24(36)33(28)17-23(35)32-12-14-37-15-13-32/h5-11,16,26H,12-15,17-18H2,1-4H3/t26-/m1/s1. The molecule has 0 N–H and O–H groups in total. The molecule has 1 aromatic heterocycles. The first-order valence-corrected chi connectivity index (χ1v) is 13.9. The van der Waals surface area contributed by atoms with Crippen LogP contribution in [0.25, 0.3) is 5.69 Å². The van der Waals surface area contributed by atoms with Crippen molar-refractivity contribution in [2.75, 3.05) is 43.5 Å². The Kier molecular flexibility index (Phi) is 7.33. The Morgan fingerprint density at radius 2 is 1.84 bits per heavy atom. The van der Waals surface area contributed by atoms with Crippen LogP contribution in [0.4, 0.5) is 10.2 Å². The zero-order chi connectivity index (χ0) is 27.0. The molecule has 0 bridgehead atoms. The Balaban J connectivity index is 1.73. The van der Waals surface area contributed by atoms with Gasteiger partial charge in [-0.3, -0.25) is 14.5 Å². The van der Waals surface area contributed by atoms with Gasteiger partial charge in [0.1, 0.15) is 18.2 Å². The van der Waals surface area contributed by atoms with Gasteiger partial charge < -0.3 is 9.64 Å². The molecule has 0 radical (unpaired) electrons. The number of anilines is 1. The van der Waals surface area contributed by atoms with Gasteiger partial charge in [0.25, 0.3) is 0 Å². The fourth-order valence-corrected chi connectivity index (χ4v) is 6.16. The minimum atomic E-state index is -0.356. The number of morpholine rings is 1. The van der Waals surface area contributed by atoms with Crippen LogP contribution in [-0.2, 0) is 19.7 Å². The van der Waals surface area contributed by atoms with Crippen LogP contribution in [0.1, 0.15) is 48.4 Å². The highest BCUT2D eigenvalue weighted by atomic mass is 32.2. The zero-order valence-electron chi connectivity index (χ0n) is 22.2. The second-order valence-corrected chi connectivity index (χ2v) is 11.9. The lowest BCUT2D eigenvalue weighted by molar-refractivity contribution is -0.134. The average Bonchev–Trinajstić information content (AvgIpc) is 3.23. The number of ether oxygens (including phenoxy) is 1. The van der Waals surface area contributed by atoms with Crippen LogP contribution in [0.3, 0.4) is 0 Å². The van der Waals surface area contributed by atoms with E-state index in [1.807, 2.05) is 35.9 Å². The Morgan fingerprint density at radius 1 is 1.13 bits per heavy atom.